The highest BCUT2D eigenvalue weighted by Crippen LogP contribution is 2.26. The Morgan fingerprint density at radius 1 is 1.39 bits per heavy atom. The molecule has 1 heterocycles. The lowest BCUT2D eigenvalue weighted by molar-refractivity contribution is -0.125. The summed E-state index contributed by atoms with van der Waals surface area (Å²) in [6.07, 6.45) is 1.38. The van der Waals surface area contributed by atoms with E-state index in [1.54, 1.807) is 12.1 Å². The molecule has 1 atom stereocenters. The Kier molecular flexibility index (Phi) is 6.31. The molecule has 5 nitrogen and oxygen atoms in total. The predicted molar refractivity (Wildman–Crippen MR) is 92.1 cm³/mol. The van der Waals surface area contributed by atoms with Crippen LogP contribution in [-0.2, 0) is 20.6 Å². The van der Waals surface area contributed by atoms with Crippen LogP contribution in [0.3, 0.4) is 0 Å². The molecule has 1 aliphatic heterocycles. The zero-order chi connectivity index (χ0) is 17.0. The van der Waals surface area contributed by atoms with Crippen LogP contribution in [-0.4, -0.2) is 38.3 Å². The van der Waals surface area contributed by atoms with Crippen LogP contribution >= 0.6 is 23.2 Å². The molecule has 1 fully saturated rings. The molecule has 0 aliphatic carbocycles. The molecule has 128 valence electrons. The minimum atomic E-state index is -3.53. The first-order valence-electron chi connectivity index (χ1n) is 7.53. The summed E-state index contributed by atoms with van der Waals surface area (Å²) in [5.41, 5.74) is 0.510. The minimum Gasteiger partial charge on any atom is -0.356 e. The number of amides is 1. The van der Waals surface area contributed by atoms with Crippen LogP contribution in [0.4, 0.5) is 0 Å². The van der Waals surface area contributed by atoms with E-state index < -0.39 is 10.0 Å². The van der Waals surface area contributed by atoms with E-state index in [9.17, 15) is 13.2 Å². The maximum absolute atomic E-state index is 12.6. The molecular weight excluding hydrogens is 359 g/mol. The quantitative estimate of drug-likeness (QED) is 0.856. The van der Waals surface area contributed by atoms with Gasteiger partial charge >= 0.3 is 0 Å². The van der Waals surface area contributed by atoms with E-state index in [1.807, 2.05) is 6.92 Å². The maximum Gasteiger partial charge on any atom is 0.224 e. The average Bonchev–Trinajstić information content (AvgIpc) is 2.50. The summed E-state index contributed by atoms with van der Waals surface area (Å²) in [4.78, 5) is 12.0. The van der Waals surface area contributed by atoms with Gasteiger partial charge in [-0.1, -0.05) is 29.3 Å². The van der Waals surface area contributed by atoms with Crippen molar-refractivity contribution in [1.82, 2.24) is 9.62 Å². The molecule has 1 saturated heterocycles. The normalized spacial score (nSPS) is 19.5. The third-order valence-electron chi connectivity index (χ3n) is 3.85. The summed E-state index contributed by atoms with van der Waals surface area (Å²) in [6, 6.07) is 4.76. The van der Waals surface area contributed by atoms with Gasteiger partial charge in [-0.2, -0.15) is 0 Å². The van der Waals surface area contributed by atoms with Gasteiger partial charge in [-0.3, -0.25) is 4.79 Å². The molecule has 1 unspecified atom stereocenters. The summed E-state index contributed by atoms with van der Waals surface area (Å²) in [6.45, 7) is 3.04. The van der Waals surface area contributed by atoms with E-state index in [1.165, 1.54) is 10.4 Å². The van der Waals surface area contributed by atoms with Crippen molar-refractivity contribution in [3.63, 3.8) is 0 Å². The lowest BCUT2D eigenvalue weighted by Gasteiger charge is -2.31. The van der Waals surface area contributed by atoms with E-state index in [2.05, 4.69) is 5.32 Å². The number of hydrogen-bond acceptors (Lipinski definition) is 3. The van der Waals surface area contributed by atoms with E-state index in [0.29, 0.717) is 41.5 Å². The van der Waals surface area contributed by atoms with Crippen molar-refractivity contribution in [2.45, 2.75) is 25.5 Å². The van der Waals surface area contributed by atoms with Crippen molar-refractivity contribution in [2.75, 3.05) is 19.6 Å². The van der Waals surface area contributed by atoms with Gasteiger partial charge in [0.15, 0.2) is 0 Å². The average molecular weight is 379 g/mol. The van der Waals surface area contributed by atoms with Crippen LogP contribution in [0.2, 0.25) is 10.0 Å². The molecule has 1 aliphatic rings. The number of sulfonamides is 1. The second kappa shape index (κ2) is 7.83. The van der Waals surface area contributed by atoms with Gasteiger partial charge in [0.05, 0.1) is 11.7 Å². The second-order valence-electron chi connectivity index (χ2n) is 5.58. The number of nitrogens with zero attached hydrogens (tertiary/aromatic N) is 1. The zero-order valence-corrected chi connectivity index (χ0v) is 15.2. The van der Waals surface area contributed by atoms with Gasteiger partial charge in [0.25, 0.3) is 0 Å². The second-order valence-corrected chi connectivity index (χ2v) is 8.40. The van der Waals surface area contributed by atoms with Gasteiger partial charge in [0.1, 0.15) is 0 Å². The lowest BCUT2D eigenvalue weighted by atomic mass is 9.99. The maximum atomic E-state index is 12.6. The van der Waals surface area contributed by atoms with Crippen molar-refractivity contribution in [3.05, 3.63) is 33.8 Å². The number of nitrogens with one attached hydrogen (secondary N) is 1. The van der Waals surface area contributed by atoms with Crippen molar-refractivity contribution in [1.29, 1.82) is 0 Å². The Morgan fingerprint density at radius 3 is 2.78 bits per heavy atom. The van der Waals surface area contributed by atoms with Gasteiger partial charge in [0.2, 0.25) is 15.9 Å². The van der Waals surface area contributed by atoms with Crippen LogP contribution < -0.4 is 5.32 Å². The monoisotopic (exact) mass is 378 g/mol. The van der Waals surface area contributed by atoms with Gasteiger partial charge in [-0.25, -0.2) is 12.7 Å². The van der Waals surface area contributed by atoms with E-state index in [-0.39, 0.29) is 24.1 Å². The molecule has 1 amide bonds. The highest BCUT2D eigenvalue weighted by atomic mass is 35.5. The molecule has 23 heavy (non-hydrogen) atoms. The van der Waals surface area contributed by atoms with E-state index in [4.69, 9.17) is 23.2 Å². The van der Waals surface area contributed by atoms with Crippen LogP contribution in [0.25, 0.3) is 0 Å². The Bertz CT molecular complexity index is 679. The summed E-state index contributed by atoms with van der Waals surface area (Å²) < 4.78 is 26.6. The van der Waals surface area contributed by atoms with Crippen LogP contribution in [0.1, 0.15) is 25.3 Å². The van der Waals surface area contributed by atoms with Crippen molar-refractivity contribution >= 4 is 39.1 Å². The molecule has 0 spiro atoms. The first-order valence-corrected chi connectivity index (χ1v) is 9.89. The molecule has 1 N–H and O–H groups in total. The summed E-state index contributed by atoms with van der Waals surface area (Å²) >= 11 is 11.9. The SMILES string of the molecule is CCNC(=O)C1CCCN(S(=O)(=O)Cc2ccc(Cl)cc2Cl)C1. The molecule has 0 aromatic heterocycles. The van der Waals surface area contributed by atoms with Crippen LogP contribution in [0, 0.1) is 5.92 Å². The van der Waals surface area contributed by atoms with Crippen molar-refractivity contribution < 1.29 is 13.2 Å². The summed E-state index contributed by atoms with van der Waals surface area (Å²) in [5.74, 6) is -0.568. The Hall–Kier alpha value is -0.820. The fourth-order valence-electron chi connectivity index (χ4n) is 2.65. The van der Waals surface area contributed by atoms with Crippen molar-refractivity contribution in [2.24, 2.45) is 5.92 Å². The predicted octanol–water partition coefficient (Wildman–Crippen LogP) is 2.67. The first kappa shape index (κ1) is 18.5. The number of rotatable bonds is 5. The molecule has 1 aromatic rings. The summed E-state index contributed by atoms with van der Waals surface area (Å²) in [5, 5.41) is 3.55. The van der Waals surface area contributed by atoms with Gasteiger partial charge in [0, 0.05) is 29.7 Å². The number of carbonyl (C=O) groups is 1. The molecule has 8 heteroatoms. The van der Waals surface area contributed by atoms with Crippen LogP contribution in [0.15, 0.2) is 18.2 Å². The van der Waals surface area contributed by atoms with Crippen molar-refractivity contribution in [3.8, 4) is 0 Å². The third-order valence-corrected chi connectivity index (χ3v) is 6.23. The molecule has 0 saturated carbocycles. The number of benzene rings is 1. The van der Waals surface area contributed by atoms with Gasteiger partial charge in [-0.15, -0.1) is 0 Å². The Balaban J connectivity index is 2.11. The molecule has 0 bridgehead atoms. The highest BCUT2D eigenvalue weighted by molar-refractivity contribution is 7.88. The van der Waals surface area contributed by atoms with Gasteiger partial charge in [-0.05, 0) is 37.5 Å². The highest BCUT2D eigenvalue weighted by Gasteiger charge is 2.32. The van der Waals surface area contributed by atoms with E-state index >= 15 is 0 Å². The third kappa shape index (κ3) is 4.83. The standard InChI is InChI=1S/C15H20Cl2N2O3S/c1-2-18-15(20)11-4-3-7-19(9-11)23(21,22)10-12-5-6-13(16)8-14(12)17/h5-6,8,11H,2-4,7,9-10H2,1H3,(H,18,20). The molecule has 2 rings (SSSR count). The summed E-state index contributed by atoms with van der Waals surface area (Å²) in [7, 11) is -3.53. The number of hydrogen-bond donors (Lipinski definition) is 1. The molecule has 0 radical (unpaired) electrons. The zero-order valence-electron chi connectivity index (χ0n) is 12.9. The molecular formula is C15H20Cl2N2O3S. The molecule has 1 aromatic carbocycles. The van der Waals surface area contributed by atoms with E-state index in [0.717, 1.165) is 0 Å². The Morgan fingerprint density at radius 2 is 2.13 bits per heavy atom. The Labute approximate surface area is 147 Å². The lowest BCUT2D eigenvalue weighted by Crippen LogP contribution is -2.45. The minimum absolute atomic E-state index is 0.0862. The number of piperidine rings is 1. The fourth-order valence-corrected chi connectivity index (χ4v) is 4.85. The fraction of sp³-hybridized carbons (Fsp3) is 0.533. The van der Waals surface area contributed by atoms with Crippen LogP contribution in [0.5, 0.6) is 0 Å². The smallest absolute Gasteiger partial charge is 0.224 e. The number of halogens is 2. The number of carbonyl (C=O) groups excluding carboxylic acids is 1. The largest absolute Gasteiger partial charge is 0.356 e. The first-order chi connectivity index (χ1) is 10.8. The van der Waals surface area contributed by atoms with Gasteiger partial charge < -0.3 is 5.32 Å². The topological polar surface area (TPSA) is 66.5 Å².